The number of hydrogen-bond acceptors (Lipinski definition) is 8. The molecule has 1 aromatic heterocycles. The summed E-state index contributed by atoms with van der Waals surface area (Å²) in [6, 6.07) is 16.2. The zero-order chi connectivity index (χ0) is 26.4. The van der Waals surface area contributed by atoms with E-state index in [2.05, 4.69) is 4.98 Å². The number of rotatable bonds is 5. The van der Waals surface area contributed by atoms with Gasteiger partial charge >= 0.3 is 5.91 Å². The number of halogens is 1. The van der Waals surface area contributed by atoms with Gasteiger partial charge in [0.05, 0.1) is 28.4 Å². The summed E-state index contributed by atoms with van der Waals surface area (Å²) in [5, 5.41) is 12.3. The van der Waals surface area contributed by atoms with Gasteiger partial charge in [-0.2, -0.15) is 0 Å². The lowest BCUT2D eigenvalue weighted by Crippen LogP contribution is -2.29. The minimum absolute atomic E-state index is 0.0525. The van der Waals surface area contributed by atoms with Gasteiger partial charge in [-0.15, -0.1) is 0 Å². The Labute approximate surface area is 226 Å². The van der Waals surface area contributed by atoms with E-state index in [0.29, 0.717) is 63.9 Å². The fourth-order valence-corrected chi connectivity index (χ4v) is 5.74. The molecule has 6 rings (SSSR count). The van der Waals surface area contributed by atoms with E-state index in [-0.39, 0.29) is 11.3 Å². The van der Waals surface area contributed by atoms with Crippen molar-refractivity contribution in [1.29, 1.82) is 0 Å². The molecule has 1 N–H and O–H groups in total. The van der Waals surface area contributed by atoms with Crippen molar-refractivity contribution in [3.63, 3.8) is 0 Å². The van der Waals surface area contributed by atoms with Gasteiger partial charge in [-0.3, -0.25) is 14.5 Å². The van der Waals surface area contributed by atoms with Crippen LogP contribution < -0.4 is 19.1 Å². The number of ether oxygens (including phenoxy) is 3. The highest BCUT2D eigenvalue weighted by Gasteiger charge is 2.48. The van der Waals surface area contributed by atoms with Crippen molar-refractivity contribution in [3.8, 4) is 17.2 Å². The van der Waals surface area contributed by atoms with Crippen LogP contribution in [-0.2, 0) is 9.59 Å². The summed E-state index contributed by atoms with van der Waals surface area (Å²) >= 11 is 7.39. The van der Waals surface area contributed by atoms with Crippen LogP contribution in [0.5, 0.6) is 17.2 Å². The number of carbonyl (C=O) groups excluding carboxylic acids is 2. The first-order chi connectivity index (χ1) is 18.4. The topological polar surface area (TPSA) is 98.2 Å². The Morgan fingerprint density at radius 2 is 1.84 bits per heavy atom. The normalized spacial score (nSPS) is 18.3. The predicted octanol–water partition coefficient (Wildman–Crippen LogP) is 5.75. The molecule has 38 heavy (non-hydrogen) atoms. The SMILES string of the molecule is CCOc1ccc2nc(N3C(=O)C(=O)/C(=C(/O)c4ccc5c(c4)OCCO5)[C@@H]3c3ccc(Cl)cc3)sc2c1. The van der Waals surface area contributed by atoms with E-state index in [1.807, 2.05) is 25.1 Å². The highest BCUT2D eigenvalue weighted by Crippen LogP contribution is 2.45. The lowest BCUT2D eigenvalue weighted by molar-refractivity contribution is -0.132. The van der Waals surface area contributed by atoms with Crippen molar-refractivity contribution in [1.82, 2.24) is 4.98 Å². The number of nitrogens with zero attached hydrogens (tertiary/aromatic N) is 2. The van der Waals surface area contributed by atoms with Crippen LogP contribution in [0.1, 0.15) is 24.1 Å². The molecular weight excluding hydrogens is 528 g/mol. The van der Waals surface area contributed by atoms with E-state index in [4.69, 9.17) is 25.8 Å². The van der Waals surface area contributed by atoms with Crippen LogP contribution in [-0.4, -0.2) is 41.6 Å². The van der Waals surface area contributed by atoms with Crippen molar-refractivity contribution >= 4 is 55.7 Å². The van der Waals surface area contributed by atoms with Crippen LogP contribution in [0.25, 0.3) is 16.0 Å². The van der Waals surface area contributed by atoms with Crippen LogP contribution in [0.15, 0.2) is 66.2 Å². The van der Waals surface area contributed by atoms with Crippen molar-refractivity contribution in [2.75, 3.05) is 24.7 Å². The standard InChI is InChI=1S/C28H21ClN2O6S/c1-2-35-18-8-9-19-22(14-18)38-28(30-19)31-24(15-3-6-17(29)7-4-15)23(26(33)27(31)34)25(32)16-5-10-20-21(13-16)37-12-11-36-20/h3-10,13-14,24,32H,2,11-12H2,1H3/b25-23+/t24-/m0/s1. The van der Waals surface area contributed by atoms with Crippen LogP contribution in [0.2, 0.25) is 5.02 Å². The summed E-state index contributed by atoms with van der Waals surface area (Å²) in [5.74, 6) is -0.232. The van der Waals surface area contributed by atoms with E-state index in [0.717, 1.165) is 4.70 Å². The number of thiazole rings is 1. The summed E-state index contributed by atoms with van der Waals surface area (Å²) in [4.78, 5) is 32.9. The molecule has 0 spiro atoms. The fourth-order valence-electron chi connectivity index (χ4n) is 4.59. The van der Waals surface area contributed by atoms with Crippen LogP contribution in [0.3, 0.4) is 0 Å². The number of Topliss-reactive ketones (excluding diaryl/α,β-unsaturated/α-hetero) is 1. The summed E-state index contributed by atoms with van der Waals surface area (Å²) in [7, 11) is 0. The Morgan fingerprint density at radius 3 is 2.61 bits per heavy atom. The summed E-state index contributed by atoms with van der Waals surface area (Å²) in [6.45, 7) is 3.21. The molecule has 0 unspecified atom stereocenters. The Hall–Kier alpha value is -4.08. The molecule has 3 heterocycles. The quantitative estimate of drug-likeness (QED) is 0.193. The number of aliphatic hydroxyl groups is 1. The first-order valence-electron chi connectivity index (χ1n) is 11.9. The van der Waals surface area contributed by atoms with Gasteiger partial charge < -0.3 is 19.3 Å². The second-order valence-corrected chi connectivity index (χ2v) is 10.1. The molecule has 2 aliphatic heterocycles. The van der Waals surface area contributed by atoms with Crippen LogP contribution in [0.4, 0.5) is 5.13 Å². The highest BCUT2D eigenvalue weighted by molar-refractivity contribution is 7.22. The number of aromatic nitrogens is 1. The zero-order valence-corrected chi connectivity index (χ0v) is 21.7. The molecule has 3 aromatic carbocycles. The Kier molecular flexibility index (Phi) is 6.17. The largest absolute Gasteiger partial charge is 0.507 e. The first kappa shape index (κ1) is 24.3. The Balaban J connectivity index is 1.51. The van der Waals surface area contributed by atoms with Gasteiger partial charge in [0.1, 0.15) is 24.7 Å². The minimum Gasteiger partial charge on any atom is -0.507 e. The van der Waals surface area contributed by atoms with Crippen molar-refractivity contribution in [3.05, 3.63) is 82.4 Å². The van der Waals surface area contributed by atoms with Crippen molar-refractivity contribution in [2.45, 2.75) is 13.0 Å². The lowest BCUT2D eigenvalue weighted by Gasteiger charge is -2.23. The number of fused-ring (bicyclic) bond motifs is 2. The molecule has 4 aromatic rings. The third-order valence-electron chi connectivity index (χ3n) is 6.31. The fraction of sp³-hybridized carbons (Fsp3) is 0.179. The van der Waals surface area contributed by atoms with Crippen molar-refractivity contribution in [2.24, 2.45) is 0 Å². The van der Waals surface area contributed by atoms with Gasteiger partial charge in [-0.05, 0) is 61.0 Å². The van der Waals surface area contributed by atoms with Crippen LogP contribution in [0, 0.1) is 0 Å². The second kappa shape index (κ2) is 9.66. The molecule has 0 radical (unpaired) electrons. The predicted molar refractivity (Wildman–Crippen MR) is 144 cm³/mol. The smallest absolute Gasteiger partial charge is 0.301 e. The molecule has 1 atom stereocenters. The van der Waals surface area contributed by atoms with E-state index >= 15 is 0 Å². The van der Waals surface area contributed by atoms with Crippen molar-refractivity contribution < 1.29 is 28.9 Å². The minimum atomic E-state index is -0.924. The monoisotopic (exact) mass is 548 g/mol. The lowest BCUT2D eigenvalue weighted by atomic mass is 9.95. The first-order valence-corrected chi connectivity index (χ1v) is 13.1. The van der Waals surface area contributed by atoms with E-state index < -0.39 is 17.7 Å². The molecule has 10 heteroatoms. The zero-order valence-electron chi connectivity index (χ0n) is 20.1. The van der Waals surface area contributed by atoms with E-state index in [1.54, 1.807) is 42.5 Å². The highest BCUT2D eigenvalue weighted by atomic mass is 35.5. The molecule has 192 valence electrons. The molecule has 0 bridgehead atoms. The molecule has 2 aliphatic rings. The summed E-state index contributed by atoms with van der Waals surface area (Å²) < 4.78 is 17.6. The third kappa shape index (κ3) is 4.13. The van der Waals surface area contributed by atoms with Crippen LogP contribution >= 0.6 is 22.9 Å². The van der Waals surface area contributed by atoms with Gasteiger partial charge in [0.25, 0.3) is 5.78 Å². The number of amides is 1. The maximum absolute atomic E-state index is 13.5. The van der Waals surface area contributed by atoms with Gasteiger partial charge in [-0.25, -0.2) is 4.98 Å². The summed E-state index contributed by atoms with van der Waals surface area (Å²) in [5.41, 5.74) is 1.54. The molecule has 1 fully saturated rings. The molecule has 0 aliphatic carbocycles. The number of ketones is 1. The number of aliphatic hydroxyl groups excluding tert-OH is 1. The molecule has 0 saturated carbocycles. The Morgan fingerprint density at radius 1 is 1.08 bits per heavy atom. The Bertz CT molecular complexity index is 1610. The molecule has 1 amide bonds. The number of benzene rings is 3. The number of hydrogen-bond donors (Lipinski definition) is 1. The average molecular weight is 549 g/mol. The number of carbonyl (C=O) groups is 2. The maximum atomic E-state index is 13.5. The van der Waals surface area contributed by atoms with Gasteiger partial charge in [0.2, 0.25) is 0 Å². The van der Waals surface area contributed by atoms with Gasteiger partial charge in [0, 0.05) is 10.6 Å². The molecule has 8 nitrogen and oxygen atoms in total. The maximum Gasteiger partial charge on any atom is 0.301 e. The van der Waals surface area contributed by atoms with E-state index in [9.17, 15) is 14.7 Å². The third-order valence-corrected chi connectivity index (χ3v) is 7.58. The van der Waals surface area contributed by atoms with E-state index in [1.165, 1.54) is 16.2 Å². The van der Waals surface area contributed by atoms with Gasteiger partial charge in [0.15, 0.2) is 16.6 Å². The second-order valence-electron chi connectivity index (χ2n) is 8.64. The average Bonchev–Trinajstić information content (AvgIpc) is 3.46. The number of anilines is 1. The summed E-state index contributed by atoms with van der Waals surface area (Å²) in [6.07, 6.45) is 0. The molecule has 1 saturated heterocycles. The van der Waals surface area contributed by atoms with Gasteiger partial charge in [-0.1, -0.05) is 35.1 Å². The molecular formula is C28H21ClN2O6S.